The second-order valence-electron chi connectivity index (χ2n) is 11.9. The van der Waals surface area contributed by atoms with Crippen molar-refractivity contribution in [3.8, 4) is 0 Å². The molecule has 0 aromatic rings. The summed E-state index contributed by atoms with van der Waals surface area (Å²) < 4.78 is 38.3. The third-order valence-electron chi connectivity index (χ3n) is 8.61. The molecular formula is C26H45NO21. The van der Waals surface area contributed by atoms with Crippen LogP contribution in [-0.2, 0) is 38.0 Å². The minimum atomic E-state index is -2.03. The largest absolute Gasteiger partial charge is 0.394 e. The van der Waals surface area contributed by atoms with Crippen LogP contribution in [0.3, 0.4) is 0 Å². The van der Waals surface area contributed by atoms with Gasteiger partial charge in [0.25, 0.3) is 0 Å². The second kappa shape index (κ2) is 16.8. The van der Waals surface area contributed by atoms with Gasteiger partial charge in [-0.15, -0.1) is 0 Å². The number of carbonyl (C=O) groups excluding carboxylic acids is 1. The monoisotopic (exact) mass is 707 g/mol. The van der Waals surface area contributed by atoms with Gasteiger partial charge in [-0.05, 0) is 0 Å². The number of nitrogens with one attached hydrogen (secondary N) is 1. The molecule has 0 aromatic carbocycles. The van der Waals surface area contributed by atoms with Gasteiger partial charge < -0.3 is 105 Å². The normalized spacial score (nSPS) is 50.2. The lowest BCUT2D eigenvalue weighted by Crippen LogP contribution is -2.68. The molecule has 0 spiro atoms. The van der Waals surface area contributed by atoms with Crippen LogP contribution in [0.4, 0.5) is 0 Å². The molecule has 4 aliphatic heterocycles. The summed E-state index contributed by atoms with van der Waals surface area (Å²) in [5, 5.41) is 136. The third-order valence-corrected chi connectivity index (χ3v) is 8.61. The van der Waals surface area contributed by atoms with Crippen molar-refractivity contribution in [1.82, 2.24) is 5.32 Å². The first-order valence-electron chi connectivity index (χ1n) is 15.1. The smallest absolute Gasteiger partial charge is 0.217 e. The quantitative estimate of drug-likeness (QED) is 0.0947. The van der Waals surface area contributed by atoms with E-state index in [2.05, 4.69) is 5.32 Å². The summed E-state index contributed by atoms with van der Waals surface area (Å²) in [6.45, 7) is -2.31. The maximum atomic E-state index is 11.8. The lowest BCUT2D eigenvalue weighted by molar-refractivity contribution is -0.384. The van der Waals surface area contributed by atoms with Crippen LogP contribution < -0.4 is 5.32 Å². The van der Waals surface area contributed by atoms with Crippen LogP contribution in [0.1, 0.15) is 6.92 Å². The molecule has 0 bridgehead atoms. The van der Waals surface area contributed by atoms with E-state index in [4.69, 9.17) is 33.2 Å². The Labute approximate surface area is 272 Å². The van der Waals surface area contributed by atoms with E-state index in [-0.39, 0.29) is 0 Å². The van der Waals surface area contributed by atoms with Gasteiger partial charge in [-0.1, -0.05) is 0 Å². The van der Waals surface area contributed by atoms with E-state index in [0.717, 1.165) is 6.92 Å². The van der Waals surface area contributed by atoms with Crippen molar-refractivity contribution < 1.29 is 104 Å². The van der Waals surface area contributed by atoms with E-state index in [0.29, 0.717) is 0 Å². The highest BCUT2D eigenvalue weighted by Gasteiger charge is 2.55. The molecule has 14 N–H and O–H groups in total. The molecule has 0 radical (unpaired) electrons. The Morgan fingerprint density at radius 3 is 1.29 bits per heavy atom. The molecule has 280 valence electrons. The summed E-state index contributed by atoms with van der Waals surface area (Å²) in [6, 6.07) is -1.45. The van der Waals surface area contributed by atoms with Crippen LogP contribution in [0.25, 0.3) is 0 Å². The summed E-state index contributed by atoms with van der Waals surface area (Å²) in [6.07, 6.45) is -33.3. The molecule has 4 heterocycles. The number of aliphatic hydroxyl groups is 13. The first kappa shape index (κ1) is 39.5. The van der Waals surface area contributed by atoms with Crippen LogP contribution in [0, 0.1) is 0 Å². The molecule has 0 aromatic heterocycles. The lowest BCUT2D eigenvalue weighted by atomic mass is 9.95. The molecular weight excluding hydrogens is 662 g/mol. The number of amides is 1. The minimum absolute atomic E-state index is 0.673. The Hall–Kier alpha value is -1.33. The molecule has 0 saturated carbocycles. The van der Waals surface area contributed by atoms with E-state index in [1.165, 1.54) is 0 Å². The molecule has 4 saturated heterocycles. The van der Waals surface area contributed by atoms with Crippen molar-refractivity contribution in [2.24, 2.45) is 0 Å². The molecule has 22 nitrogen and oxygen atoms in total. The fraction of sp³-hybridized carbons (Fsp3) is 0.962. The van der Waals surface area contributed by atoms with Gasteiger partial charge in [-0.3, -0.25) is 4.79 Å². The Morgan fingerprint density at radius 2 is 0.875 bits per heavy atom. The van der Waals surface area contributed by atoms with Crippen LogP contribution in [0.15, 0.2) is 0 Å². The summed E-state index contributed by atoms with van der Waals surface area (Å²) in [4.78, 5) is 11.8. The Bertz CT molecular complexity index is 1020. The predicted octanol–water partition coefficient (Wildman–Crippen LogP) is -9.61. The fourth-order valence-electron chi connectivity index (χ4n) is 5.95. The van der Waals surface area contributed by atoms with Gasteiger partial charge in [0, 0.05) is 6.92 Å². The van der Waals surface area contributed by atoms with Crippen molar-refractivity contribution in [3.63, 3.8) is 0 Å². The van der Waals surface area contributed by atoms with Gasteiger partial charge in [0.15, 0.2) is 25.2 Å². The number of aliphatic hydroxyl groups excluding tert-OH is 13. The van der Waals surface area contributed by atoms with E-state index < -0.39 is 155 Å². The molecule has 4 fully saturated rings. The molecule has 4 aliphatic rings. The molecule has 1 amide bonds. The first-order chi connectivity index (χ1) is 22.7. The zero-order chi connectivity index (χ0) is 35.6. The van der Waals surface area contributed by atoms with Crippen molar-refractivity contribution in [2.45, 2.75) is 130 Å². The van der Waals surface area contributed by atoms with Gasteiger partial charge in [-0.2, -0.15) is 0 Å². The average molecular weight is 708 g/mol. The number of rotatable bonds is 11. The first-order valence-corrected chi connectivity index (χ1v) is 15.1. The zero-order valence-corrected chi connectivity index (χ0v) is 25.5. The molecule has 1 unspecified atom stereocenters. The molecule has 0 aliphatic carbocycles. The van der Waals surface area contributed by atoms with Crippen molar-refractivity contribution in [1.29, 1.82) is 0 Å². The summed E-state index contributed by atoms with van der Waals surface area (Å²) in [7, 11) is 0. The highest BCUT2D eigenvalue weighted by atomic mass is 16.8. The van der Waals surface area contributed by atoms with Crippen LogP contribution >= 0.6 is 0 Å². The van der Waals surface area contributed by atoms with E-state index in [1.807, 2.05) is 0 Å². The van der Waals surface area contributed by atoms with Gasteiger partial charge in [0.1, 0.15) is 97.6 Å². The highest BCUT2D eigenvalue weighted by Crippen LogP contribution is 2.34. The summed E-state index contributed by atoms with van der Waals surface area (Å²) in [5.41, 5.74) is 0. The predicted molar refractivity (Wildman–Crippen MR) is 145 cm³/mol. The molecule has 4 rings (SSSR count). The van der Waals surface area contributed by atoms with Gasteiger partial charge in [-0.25, -0.2) is 0 Å². The van der Waals surface area contributed by atoms with Crippen molar-refractivity contribution in [3.05, 3.63) is 0 Å². The SMILES string of the molecule is CC(=O)N[C@H]1[C@@H](O[C@@H]2[C@H](O)[C@@H](O)[C@H](O[C@@H]3[C@H](O)[C@@H](O)[C@H](O[C@H]4[C@H](O)[C@@H](O)C(O)O[C@@H]4CO)O[C@@H]3CO)O[C@@H]2CO)O[C@H](CO)[C@H](O)[C@@H]1O. The van der Waals surface area contributed by atoms with Crippen molar-refractivity contribution >= 4 is 5.91 Å². The zero-order valence-electron chi connectivity index (χ0n) is 25.5. The van der Waals surface area contributed by atoms with Crippen LogP contribution in [-0.4, -0.2) is 221 Å². The van der Waals surface area contributed by atoms with Gasteiger partial charge in [0.2, 0.25) is 5.91 Å². The molecule has 22 heteroatoms. The number of ether oxygens (including phenoxy) is 7. The second-order valence-corrected chi connectivity index (χ2v) is 11.9. The average Bonchev–Trinajstić information content (AvgIpc) is 3.06. The van der Waals surface area contributed by atoms with Crippen molar-refractivity contribution in [2.75, 3.05) is 26.4 Å². The molecule has 20 atom stereocenters. The fourth-order valence-corrected chi connectivity index (χ4v) is 5.95. The Morgan fingerprint density at radius 1 is 0.500 bits per heavy atom. The van der Waals surface area contributed by atoms with Crippen LogP contribution in [0.5, 0.6) is 0 Å². The van der Waals surface area contributed by atoms with Crippen LogP contribution in [0.2, 0.25) is 0 Å². The standard InChI is InChI=1S/C26H45NO21/c1-6(32)27-11-13(34)12(33)7(2-28)43-24(11)46-21-9(4-30)44-26(18(39)15(21)36)48-22-10(5-31)45-25(19(40)16(22)37)47-20-8(3-29)42-23(41)17(38)14(20)35/h7-26,28-31,33-41H,2-5H2,1H3,(H,27,32)/t7-,8-,9-,10-,11-,12+,13-,14-,15-,16-,17-,18-,19-,20-,21+,22+,23?,24-,25+,26+/m1/s1. The lowest BCUT2D eigenvalue weighted by Gasteiger charge is -2.49. The van der Waals surface area contributed by atoms with Gasteiger partial charge >= 0.3 is 0 Å². The van der Waals surface area contributed by atoms with E-state index in [9.17, 15) is 71.2 Å². The van der Waals surface area contributed by atoms with E-state index >= 15 is 0 Å². The highest BCUT2D eigenvalue weighted by molar-refractivity contribution is 5.73. The maximum absolute atomic E-state index is 11.8. The molecule has 48 heavy (non-hydrogen) atoms. The third kappa shape index (κ3) is 8.08. The number of hydrogen-bond acceptors (Lipinski definition) is 21. The maximum Gasteiger partial charge on any atom is 0.217 e. The van der Waals surface area contributed by atoms with E-state index in [1.54, 1.807) is 0 Å². The Kier molecular flexibility index (Phi) is 13.8. The summed E-state index contributed by atoms with van der Waals surface area (Å²) in [5.74, 6) is -0.673. The number of hydrogen-bond donors (Lipinski definition) is 14. The number of carbonyl (C=O) groups is 1. The minimum Gasteiger partial charge on any atom is -0.394 e. The topological polar surface area (TPSA) is 357 Å². The van der Waals surface area contributed by atoms with Gasteiger partial charge in [0.05, 0.1) is 26.4 Å². The Balaban J connectivity index is 1.46. The summed E-state index contributed by atoms with van der Waals surface area (Å²) >= 11 is 0.